The van der Waals surface area contributed by atoms with Crippen molar-refractivity contribution in [3.63, 3.8) is 0 Å². The van der Waals surface area contributed by atoms with E-state index in [-0.39, 0.29) is 30.7 Å². The molecule has 0 saturated carbocycles. The number of aromatic amines is 1. The lowest BCUT2D eigenvalue weighted by Gasteiger charge is -2.11. The van der Waals surface area contributed by atoms with E-state index in [2.05, 4.69) is 10.3 Å². The number of benzene rings is 2. The van der Waals surface area contributed by atoms with Crippen molar-refractivity contribution in [3.05, 3.63) is 69.0 Å². The molecule has 1 heterocycles. The molecule has 0 aliphatic carbocycles. The first-order valence-electron chi connectivity index (χ1n) is 8.44. The zero-order chi connectivity index (χ0) is 20.1. The Hall–Kier alpha value is -3.62. The molecule has 0 spiro atoms. The lowest BCUT2D eigenvalue weighted by molar-refractivity contribution is -0.121. The maximum atomic E-state index is 13.3. The van der Waals surface area contributed by atoms with Crippen LogP contribution in [0, 0.1) is 5.82 Å². The highest BCUT2D eigenvalue weighted by Crippen LogP contribution is 2.16. The number of carbonyl (C=O) groups excluding carboxylic acids is 1. The van der Waals surface area contributed by atoms with Gasteiger partial charge < -0.3 is 19.8 Å². The van der Waals surface area contributed by atoms with E-state index in [1.165, 1.54) is 6.07 Å². The van der Waals surface area contributed by atoms with Crippen molar-refractivity contribution in [1.29, 1.82) is 0 Å². The van der Waals surface area contributed by atoms with E-state index < -0.39 is 22.8 Å². The summed E-state index contributed by atoms with van der Waals surface area (Å²) in [5.41, 5.74) is -1.41. The summed E-state index contributed by atoms with van der Waals surface area (Å²) in [6, 6.07) is 10.6. The number of hydrogen-bond donors (Lipinski definition) is 2. The number of aromatic nitrogens is 2. The van der Waals surface area contributed by atoms with E-state index in [1.54, 1.807) is 31.4 Å². The van der Waals surface area contributed by atoms with Gasteiger partial charge in [-0.25, -0.2) is 4.39 Å². The predicted octanol–water partition coefficient (Wildman–Crippen LogP) is 1.03. The van der Waals surface area contributed by atoms with Crippen molar-refractivity contribution < 1.29 is 18.7 Å². The first-order chi connectivity index (χ1) is 13.5. The second-order valence-electron chi connectivity index (χ2n) is 5.88. The van der Waals surface area contributed by atoms with Crippen LogP contribution in [0.3, 0.4) is 0 Å². The fourth-order valence-electron chi connectivity index (χ4n) is 2.64. The zero-order valence-electron chi connectivity index (χ0n) is 15.0. The van der Waals surface area contributed by atoms with Crippen molar-refractivity contribution in [2.45, 2.75) is 6.54 Å². The van der Waals surface area contributed by atoms with E-state index in [0.717, 1.165) is 16.7 Å². The number of fused-ring (bicyclic) bond motifs is 1. The number of amides is 1. The van der Waals surface area contributed by atoms with Crippen molar-refractivity contribution in [2.24, 2.45) is 0 Å². The maximum absolute atomic E-state index is 13.3. The van der Waals surface area contributed by atoms with E-state index >= 15 is 0 Å². The van der Waals surface area contributed by atoms with Crippen molar-refractivity contribution in [2.75, 3.05) is 20.3 Å². The van der Waals surface area contributed by atoms with Crippen LogP contribution in [0.1, 0.15) is 0 Å². The average molecular weight is 387 g/mol. The quantitative estimate of drug-likeness (QED) is 0.466. The average Bonchev–Trinajstić information content (AvgIpc) is 2.69. The summed E-state index contributed by atoms with van der Waals surface area (Å²) < 4.78 is 24.9. The third-order valence-electron chi connectivity index (χ3n) is 3.99. The maximum Gasteiger partial charge on any atom is 0.317 e. The number of nitrogens with zero attached hydrogens (tertiary/aromatic N) is 1. The molecule has 0 fully saturated rings. The van der Waals surface area contributed by atoms with E-state index in [9.17, 15) is 18.8 Å². The van der Waals surface area contributed by atoms with Gasteiger partial charge in [0.15, 0.2) is 0 Å². The molecule has 0 radical (unpaired) electrons. The molecule has 9 heteroatoms. The lowest BCUT2D eigenvalue weighted by Crippen LogP contribution is -2.40. The Morgan fingerprint density at radius 2 is 1.86 bits per heavy atom. The van der Waals surface area contributed by atoms with E-state index in [0.29, 0.717) is 11.5 Å². The first kappa shape index (κ1) is 19.2. The molecule has 2 aromatic carbocycles. The van der Waals surface area contributed by atoms with Crippen LogP contribution in [-0.4, -0.2) is 35.7 Å². The molecule has 3 aromatic rings. The van der Waals surface area contributed by atoms with Crippen LogP contribution >= 0.6 is 0 Å². The Morgan fingerprint density at radius 1 is 1.14 bits per heavy atom. The monoisotopic (exact) mass is 387 g/mol. The summed E-state index contributed by atoms with van der Waals surface area (Å²) in [4.78, 5) is 38.3. The Bertz CT molecular complexity index is 1110. The van der Waals surface area contributed by atoms with Crippen molar-refractivity contribution in [1.82, 2.24) is 14.9 Å². The number of nitrogens with one attached hydrogen (secondary N) is 2. The smallest absolute Gasteiger partial charge is 0.317 e. The van der Waals surface area contributed by atoms with Gasteiger partial charge in [-0.1, -0.05) is 0 Å². The minimum Gasteiger partial charge on any atom is -0.497 e. The lowest BCUT2D eigenvalue weighted by atomic mass is 10.3. The number of halogens is 1. The fraction of sp³-hybridized carbons (Fsp3) is 0.211. The summed E-state index contributed by atoms with van der Waals surface area (Å²) in [5.74, 6) is 0.287. The van der Waals surface area contributed by atoms with E-state index in [4.69, 9.17) is 9.47 Å². The fourth-order valence-corrected chi connectivity index (χ4v) is 2.64. The van der Waals surface area contributed by atoms with Crippen LogP contribution in [-0.2, 0) is 11.3 Å². The molecule has 28 heavy (non-hydrogen) atoms. The van der Waals surface area contributed by atoms with E-state index in [1.807, 2.05) is 0 Å². The van der Waals surface area contributed by atoms with Crippen LogP contribution in [0.4, 0.5) is 4.39 Å². The number of methoxy groups -OCH3 is 1. The second-order valence-corrected chi connectivity index (χ2v) is 5.88. The molecule has 0 aliphatic rings. The minimum absolute atomic E-state index is 0.139. The van der Waals surface area contributed by atoms with Gasteiger partial charge in [-0.2, -0.15) is 0 Å². The molecule has 0 aliphatic heterocycles. The Kier molecular flexibility index (Phi) is 5.73. The summed E-state index contributed by atoms with van der Waals surface area (Å²) in [6.45, 7) is 0.0527. The van der Waals surface area contributed by atoms with Gasteiger partial charge in [-0.3, -0.25) is 19.0 Å². The van der Waals surface area contributed by atoms with Crippen LogP contribution in [0.2, 0.25) is 0 Å². The normalized spacial score (nSPS) is 10.6. The molecule has 0 bridgehead atoms. The van der Waals surface area contributed by atoms with Gasteiger partial charge in [0.1, 0.15) is 30.5 Å². The highest BCUT2D eigenvalue weighted by atomic mass is 19.1. The van der Waals surface area contributed by atoms with Gasteiger partial charge in [0.05, 0.1) is 24.7 Å². The predicted molar refractivity (Wildman–Crippen MR) is 100 cm³/mol. The van der Waals surface area contributed by atoms with Crippen LogP contribution < -0.4 is 25.9 Å². The summed E-state index contributed by atoms with van der Waals surface area (Å²) in [6.07, 6.45) is 0. The number of carbonyl (C=O) groups is 1. The number of rotatable bonds is 7. The first-order valence-corrected chi connectivity index (χ1v) is 8.44. The summed E-state index contributed by atoms with van der Waals surface area (Å²) in [5, 5.41) is 2.61. The topological polar surface area (TPSA) is 102 Å². The van der Waals surface area contributed by atoms with Gasteiger partial charge in [-0.05, 0) is 42.5 Å². The molecular weight excluding hydrogens is 369 g/mol. The zero-order valence-corrected chi connectivity index (χ0v) is 15.0. The largest absolute Gasteiger partial charge is 0.497 e. The van der Waals surface area contributed by atoms with Gasteiger partial charge in [-0.15, -0.1) is 0 Å². The van der Waals surface area contributed by atoms with Crippen molar-refractivity contribution in [3.8, 4) is 11.5 Å². The molecule has 0 saturated heterocycles. The second kappa shape index (κ2) is 8.38. The standard InChI is InChI=1S/C19H18FN3O5/c1-27-13-3-5-14(6-4-13)28-9-8-21-17(24)11-23-16-7-2-12(20)10-15(16)22-18(25)19(23)26/h2-7,10H,8-9,11H2,1H3,(H,21,24)(H,22,25). The van der Waals surface area contributed by atoms with Crippen LogP contribution in [0.15, 0.2) is 52.1 Å². The third-order valence-corrected chi connectivity index (χ3v) is 3.99. The molecular formula is C19H18FN3O5. The SMILES string of the molecule is COc1ccc(OCCNC(=O)Cn2c(=O)c(=O)[nH]c3cc(F)ccc32)cc1. The molecule has 2 N–H and O–H groups in total. The minimum atomic E-state index is -0.922. The molecule has 1 amide bonds. The highest BCUT2D eigenvalue weighted by molar-refractivity contribution is 5.80. The summed E-state index contributed by atoms with van der Waals surface area (Å²) >= 11 is 0. The Morgan fingerprint density at radius 3 is 2.57 bits per heavy atom. The van der Waals surface area contributed by atoms with Crippen LogP contribution in [0.25, 0.3) is 11.0 Å². The molecule has 3 rings (SSSR count). The molecule has 0 atom stereocenters. The Labute approximate surface area is 158 Å². The third kappa shape index (κ3) is 4.37. The van der Waals surface area contributed by atoms with Crippen molar-refractivity contribution >= 4 is 16.9 Å². The van der Waals surface area contributed by atoms with Crippen LogP contribution in [0.5, 0.6) is 11.5 Å². The number of hydrogen-bond acceptors (Lipinski definition) is 5. The molecule has 8 nitrogen and oxygen atoms in total. The van der Waals surface area contributed by atoms with Gasteiger partial charge in [0.2, 0.25) is 5.91 Å². The molecule has 0 unspecified atom stereocenters. The number of ether oxygens (including phenoxy) is 2. The van der Waals surface area contributed by atoms with Gasteiger partial charge in [0.25, 0.3) is 0 Å². The highest BCUT2D eigenvalue weighted by Gasteiger charge is 2.12. The molecule has 1 aromatic heterocycles. The van der Waals surface area contributed by atoms with Gasteiger partial charge >= 0.3 is 11.1 Å². The Balaban J connectivity index is 1.61. The molecule has 146 valence electrons. The number of H-pyrrole nitrogens is 1. The van der Waals surface area contributed by atoms with Gasteiger partial charge in [0, 0.05) is 0 Å². The summed E-state index contributed by atoms with van der Waals surface area (Å²) in [7, 11) is 1.57.